The normalized spacial score (nSPS) is 11.1. The number of hydrogen-bond acceptors (Lipinski definition) is 5. The lowest BCUT2D eigenvalue weighted by atomic mass is 9.98. The number of nitrogens with one attached hydrogen (secondary N) is 1. The molecule has 6 aromatic rings. The van der Waals surface area contributed by atoms with E-state index < -0.39 is 11.5 Å². The predicted molar refractivity (Wildman–Crippen MR) is 135 cm³/mol. The summed E-state index contributed by atoms with van der Waals surface area (Å²) in [5.74, 6) is -0.575. The van der Waals surface area contributed by atoms with E-state index in [2.05, 4.69) is 15.5 Å². The van der Waals surface area contributed by atoms with Crippen LogP contribution in [0, 0.1) is 0 Å². The second-order valence-corrected chi connectivity index (χ2v) is 7.99. The number of rotatable bonds is 4. The van der Waals surface area contributed by atoms with Gasteiger partial charge in [-0.15, -0.1) is 10.2 Å². The molecule has 35 heavy (non-hydrogen) atoms. The van der Waals surface area contributed by atoms with E-state index in [1.807, 2.05) is 72.8 Å². The van der Waals surface area contributed by atoms with Crippen LogP contribution in [0.4, 0.5) is 5.69 Å². The molecule has 168 valence electrons. The largest absolute Gasteiger partial charge is 0.416 e. The molecule has 0 aliphatic heterocycles. The first-order valence-corrected chi connectivity index (χ1v) is 11.0. The number of hydrogen-bond donors (Lipinski definition) is 1. The Hall–Kier alpha value is -5.04. The Labute approximate surface area is 199 Å². The van der Waals surface area contributed by atoms with E-state index in [1.54, 1.807) is 35.1 Å². The minimum absolute atomic E-state index is 0.0482. The minimum Gasteiger partial charge on any atom is -0.416 e. The van der Waals surface area contributed by atoms with Gasteiger partial charge in [0.05, 0.1) is 11.1 Å². The van der Waals surface area contributed by atoms with Gasteiger partial charge in [0, 0.05) is 16.6 Å². The number of amides is 1. The fourth-order valence-electron chi connectivity index (χ4n) is 4.11. The Morgan fingerprint density at radius 1 is 0.743 bits per heavy atom. The smallest absolute Gasteiger partial charge is 0.344 e. The van der Waals surface area contributed by atoms with Crippen LogP contribution in [0.15, 0.2) is 112 Å². The Balaban J connectivity index is 1.41. The van der Waals surface area contributed by atoms with Gasteiger partial charge in [-0.2, -0.15) is 4.80 Å². The molecule has 6 rings (SSSR count). The van der Waals surface area contributed by atoms with Crippen LogP contribution < -0.4 is 10.9 Å². The van der Waals surface area contributed by atoms with Gasteiger partial charge < -0.3 is 9.73 Å². The van der Waals surface area contributed by atoms with Gasteiger partial charge in [-0.1, -0.05) is 66.7 Å². The minimum atomic E-state index is -0.563. The highest BCUT2D eigenvalue weighted by atomic mass is 16.4. The SMILES string of the molecule is O=C(Nc1ccc2nn(-c3ccccc3)nc2c1)c1oc(=O)c2ccccc2c1-c1ccccc1. The van der Waals surface area contributed by atoms with E-state index in [4.69, 9.17) is 4.42 Å². The number of anilines is 1. The van der Waals surface area contributed by atoms with Crippen molar-refractivity contribution in [3.63, 3.8) is 0 Å². The molecule has 7 nitrogen and oxygen atoms in total. The van der Waals surface area contributed by atoms with Crippen molar-refractivity contribution in [1.29, 1.82) is 0 Å². The molecule has 0 fully saturated rings. The van der Waals surface area contributed by atoms with Crippen LogP contribution in [0.25, 0.3) is 38.6 Å². The molecule has 0 spiro atoms. The Morgan fingerprint density at radius 2 is 1.40 bits per heavy atom. The van der Waals surface area contributed by atoms with Gasteiger partial charge in [-0.3, -0.25) is 4.79 Å². The molecule has 0 radical (unpaired) electrons. The number of aromatic nitrogens is 3. The Bertz CT molecular complexity index is 1760. The molecule has 2 heterocycles. The van der Waals surface area contributed by atoms with E-state index in [0.717, 1.165) is 11.3 Å². The average Bonchev–Trinajstić information content (AvgIpc) is 3.33. The van der Waals surface area contributed by atoms with E-state index in [-0.39, 0.29) is 5.76 Å². The lowest BCUT2D eigenvalue weighted by Gasteiger charge is -2.12. The summed E-state index contributed by atoms with van der Waals surface area (Å²) < 4.78 is 5.56. The lowest BCUT2D eigenvalue weighted by Crippen LogP contribution is -2.16. The number of para-hydroxylation sites is 1. The zero-order valence-electron chi connectivity index (χ0n) is 18.4. The predicted octanol–water partition coefficient (Wildman–Crippen LogP) is 5.45. The van der Waals surface area contributed by atoms with Crippen LogP contribution in [0.2, 0.25) is 0 Å². The molecule has 0 atom stereocenters. The van der Waals surface area contributed by atoms with Gasteiger partial charge in [0.25, 0.3) is 5.91 Å². The van der Waals surface area contributed by atoms with Gasteiger partial charge in [0.15, 0.2) is 0 Å². The summed E-state index contributed by atoms with van der Waals surface area (Å²) in [5, 5.41) is 12.9. The molecule has 0 unspecified atom stereocenters. The molecular weight excluding hydrogens is 440 g/mol. The van der Waals surface area contributed by atoms with Crippen molar-refractivity contribution in [3.8, 4) is 16.8 Å². The number of benzene rings is 4. The van der Waals surface area contributed by atoms with Crippen LogP contribution in [-0.2, 0) is 0 Å². The topological polar surface area (TPSA) is 90.0 Å². The lowest BCUT2D eigenvalue weighted by molar-refractivity contribution is 0.0994. The first kappa shape index (κ1) is 20.6. The third kappa shape index (κ3) is 3.75. The van der Waals surface area contributed by atoms with Crippen molar-refractivity contribution >= 4 is 33.4 Å². The third-order valence-corrected chi connectivity index (χ3v) is 5.73. The summed E-state index contributed by atoms with van der Waals surface area (Å²) in [6.07, 6.45) is 0. The van der Waals surface area contributed by atoms with E-state index in [0.29, 0.717) is 33.1 Å². The fraction of sp³-hybridized carbons (Fsp3) is 0. The zero-order chi connectivity index (χ0) is 23.8. The standard InChI is InChI=1S/C28H18N4O3/c33-27(29-19-15-16-23-24(17-19)31-32(30-23)20-11-5-2-6-12-20)26-25(18-9-3-1-4-10-18)21-13-7-8-14-22(21)28(34)35-26/h1-17H,(H,29,33). The van der Waals surface area contributed by atoms with Crippen LogP contribution in [0.5, 0.6) is 0 Å². The van der Waals surface area contributed by atoms with E-state index in [1.165, 1.54) is 0 Å². The molecule has 0 aliphatic carbocycles. The summed E-state index contributed by atoms with van der Waals surface area (Å²) in [4.78, 5) is 27.6. The summed E-state index contributed by atoms with van der Waals surface area (Å²) in [5.41, 5.74) is 3.43. The molecule has 7 heteroatoms. The van der Waals surface area contributed by atoms with E-state index in [9.17, 15) is 9.59 Å². The molecule has 1 amide bonds. The molecule has 0 aliphatic rings. The van der Waals surface area contributed by atoms with Crippen molar-refractivity contribution < 1.29 is 9.21 Å². The fourth-order valence-corrected chi connectivity index (χ4v) is 4.11. The van der Waals surface area contributed by atoms with E-state index >= 15 is 0 Å². The number of nitrogens with zero attached hydrogens (tertiary/aromatic N) is 3. The number of fused-ring (bicyclic) bond motifs is 2. The third-order valence-electron chi connectivity index (χ3n) is 5.73. The summed E-state index contributed by atoms with van der Waals surface area (Å²) in [7, 11) is 0. The quantitative estimate of drug-likeness (QED) is 0.380. The van der Waals surface area contributed by atoms with Crippen LogP contribution >= 0.6 is 0 Å². The summed E-state index contributed by atoms with van der Waals surface area (Å²) in [6.45, 7) is 0. The van der Waals surface area contributed by atoms with Crippen molar-refractivity contribution in [1.82, 2.24) is 15.0 Å². The van der Waals surface area contributed by atoms with Gasteiger partial charge in [-0.05, 0) is 42.0 Å². The van der Waals surface area contributed by atoms with Crippen LogP contribution in [0.3, 0.4) is 0 Å². The highest BCUT2D eigenvalue weighted by Gasteiger charge is 2.21. The molecule has 0 saturated heterocycles. The maximum absolute atomic E-state index is 13.4. The highest BCUT2D eigenvalue weighted by molar-refractivity contribution is 6.12. The molecule has 4 aromatic carbocycles. The highest BCUT2D eigenvalue weighted by Crippen LogP contribution is 2.31. The van der Waals surface area contributed by atoms with Gasteiger partial charge in [-0.25, -0.2) is 4.79 Å². The average molecular weight is 458 g/mol. The molecule has 0 saturated carbocycles. The van der Waals surface area contributed by atoms with Gasteiger partial charge in [0.1, 0.15) is 11.0 Å². The van der Waals surface area contributed by atoms with Crippen molar-refractivity contribution in [2.24, 2.45) is 0 Å². The second kappa shape index (κ2) is 8.39. The van der Waals surface area contributed by atoms with Crippen molar-refractivity contribution in [2.45, 2.75) is 0 Å². The van der Waals surface area contributed by atoms with Crippen molar-refractivity contribution in [3.05, 3.63) is 119 Å². The summed E-state index contributed by atoms with van der Waals surface area (Å²) >= 11 is 0. The van der Waals surface area contributed by atoms with Gasteiger partial charge >= 0.3 is 5.63 Å². The first-order valence-electron chi connectivity index (χ1n) is 11.0. The number of carbonyl (C=O) groups is 1. The first-order chi connectivity index (χ1) is 17.2. The maximum atomic E-state index is 13.4. The maximum Gasteiger partial charge on any atom is 0.344 e. The second-order valence-electron chi connectivity index (χ2n) is 7.99. The summed E-state index contributed by atoms with van der Waals surface area (Å²) in [6, 6.07) is 31.4. The monoisotopic (exact) mass is 458 g/mol. The van der Waals surface area contributed by atoms with Crippen LogP contribution in [-0.4, -0.2) is 20.9 Å². The van der Waals surface area contributed by atoms with Crippen LogP contribution in [0.1, 0.15) is 10.6 Å². The Morgan fingerprint density at radius 3 is 2.17 bits per heavy atom. The zero-order valence-corrected chi connectivity index (χ0v) is 18.4. The Kier molecular flexibility index (Phi) is 4.93. The molecule has 1 N–H and O–H groups in total. The molecule has 0 bridgehead atoms. The number of carbonyl (C=O) groups excluding carboxylic acids is 1. The van der Waals surface area contributed by atoms with Crippen molar-refractivity contribution in [2.75, 3.05) is 5.32 Å². The molecule has 2 aromatic heterocycles. The molecular formula is C28H18N4O3. The van der Waals surface area contributed by atoms with Gasteiger partial charge in [0.2, 0.25) is 5.76 Å².